The lowest BCUT2D eigenvalue weighted by atomic mass is 9.96. The van der Waals surface area contributed by atoms with Crippen molar-refractivity contribution in [3.8, 4) is 0 Å². The number of hydrogen-bond donors (Lipinski definition) is 2. The standard InChI is InChI=1S/C18H26FN3O2.ClH/c1-20-13-14-8-11-22(12-9-14)17(23)3-2-10-21-18(24)15-4-6-16(19)7-5-15;/h4-7,14,20H,2-3,8-13H2,1H3,(H,21,24);1H. The summed E-state index contributed by atoms with van der Waals surface area (Å²) >= 11 is 0. The molecule has 0 aliphatic carbocycles. The van der Waals surface area contributed by atoms with Gasteiger partial charge in [0.05, 0.1) is 0 Å². The molecule has 0 spiro atoms. The number of rotatable bonds is 7. The number of halogens is 2. The molecule has 1 aromatic carbocycles. The topological polar surface area (TPSA) is 61.4 Å². The van der Waals surface area contributed by atoms with Crippen LogP contribution in [-0.4, -0.2) is 49.9 Å². The molecule has 25 heavy (non-hydrogen) atoms. The van der Waals surface area contributed by atoms with Gasteiger partial charge in [-0.1, -0.05) is 0 Å². The Balaban J connectivity index is 0.00000312. The molecule has 7 heteroatoms. The van der Waals surface area contributed by atoms with Crippen molar-refractivity contribution < 1.29 is 14.0 Å². The molecule has 0 atom stereocenters. The molecule has 5 nitrogen and oxygen atoms in total. The first-order valence-corrected chi connectivity index (χ1v) is 8.56. The molecule has 2 N–H and O–H groups in total. The monoisotopic (exact) mass is 371 g/mol. The van der Waals surface area contributed by atoms with Crippen LogP contribution in [-0.2, 0) is 4.79 Å². The van der Waals surface area contributed by atoms with Gasteiger partial charge in [0, 0.05) is 31.6 Å². The Labute approximate surface area is 154 Å². The van der Waals surface area contributed by atoms with Gasteiger partial charge in [-0.2, -0.15) is 0 Å². The number of amides is 2. The van der Waals surface area contributed by atoms with Crippen molar-refractivity contribution >= 4 is 24.2 Å². The summed E-state index contributed by atoms with van der Waals surface area (Å²) in [6.07, 6.45) is 3.16. The first-order valence-electron chi connectivity index (χ1n) is 8.56. The largest absolute Gasteiger partial charge is 0.352 e. The summed E-state index contributed by atoms with van der Waals surface area (Å²) in [7, 11) is 1.96. The second-order valence-corrected chi connectivity index (χ2v) is 6.25. The lowest BCUT2D eigenvalue weighted by molar-refractivity contribution is -0.132. The molecular weight excluding hydrogens is 345 g/mol. The molecule has 0 radical (unpaired) electrons. The van der Waals surface area contributed by atoms with E-state index in [1.54, 1.807) is 0 Å². The van der Waals surface area contributed by atoms with Crippen LogP contribution < -0.4 is 10.6 Å². The summed E-state index contributed by atoms with van der Waals surface area (Å²) < 4.78 is 12.8. The van der Waals surface area contributed by atoms with Gasteiger partial charge in [0.25, 0.3) is 5.91 Å². The summed E-state index contributed by atoms with van der Waals surface area (Å²) in [5.74, 6) is 0.217. The second kappa shape index (κ2) is 11.1. The van der Waals surface area contributed by atoms with Gasteiger partial charge in [-0.15, -0.1) is 12.4 Å². The average molecular weight is 372 g/mol. The van der Waals surface area contributed by atoms with Crippen LogP contribution in [0.4, 0.5) is 4.39 Å². The Kier molecular flexibility index (Phi) is 9.45. The zero-order valence-electron chi connectivity index (χ0n) is 14.6. The maximum absolute atomic E-state index is 12.8. The molecule has 1 aliphatic rings. The number of piperidine rings is 1. The minimum atomic E-state index is -0.365. The van der Waals surface area contributed by atoms with E-state index in [0.717, 1.165) is 32.5 Å². The van der Waals surface area contributed by atoms with Gasteiger partial charge in [-0.25, -0.2) is 4.39 Å². The third-order valence-corrected chi connectivity index (χ3v) is 4.42. The van der Waals surface area contributed by atoms with Gasteiger partial charge in [-0.05, 0) is 63.0 Å². The van der Waals surface area contributed by atoms with E-state index in [4.69, 9.17) is 0 Å². The van der Waals surface area contributed by atoms with Crippen molar-refractivity contribution in [2.75, 3.05) is 33.2 Å². The Morgan fingerprint density at radius 3 is 2.44 bits per heavy atom. The van der Waals surface area contributed by atoms with Gasteiger partial charge in [0.15, 0.2) is 0 Å². The van der Waals surface area contributed by atoms with Crippen molar-refractivity contribution in [3.63, 3.8) is 0 Å². The summed E-state index contributed by atoms with van der Waals surface area (Å²) in [6, 6.07) is 5.42. The Bertz CT molecular complexity index is 546. The van der Waals surface area contributed by atoms with Crippen LogP contribution in [0.2, 0.25) is 0 Å². The van der Waals surface area contributed by atoms with E-state index in [1.165, 1.54) is 24.3 Å². The Hall–Kier alpha value is -1.66. The normalized spacial score (nSPS) is 14.7. The third-order valence-electron chi connectivity index (χ3n) is 4.42. The first-order chi connectivity index (χ1) is 11.6. The highest BCUT2D eigenvalue weighted by Crippen LogP contribution is 2.17. The third kappa shape index (κ3) is 7.00. The van der Waals surface area contributed by atoms with E-state index in [1.807, 2.05) is 11.9 Å². The van der Waals surface area contributed by atoms with Crippen molar-refractivity contribution in [1.29, 1.82) is 0 Å². The van der Waals surface area contributed by atoms with Crippen LogP contribution >= 0.6 is 12.4 Å². The molecule has 0 aromatic heterocycles. The minimum Gasteiger partial charge on any atom is -0.352 e. The van der Waals surface area contributed by atoms with Crippen LogP contribution in [0.25, 0.3) is 0 Å². The molecule has 2 amide bonds. The maximum Gasteiger partial charge on any atom is 0.251 e. The van der Waals surface area contributed by atoms with Crippen molar-refractivity contribution in [3.05, 3.63) is 35.6 Å². The van der Waals surface area contributed by atoms with E-state index >= 15 is 0 Å². The highest BCUT2D eigenvalue weighted by atomic mass is 35.5. The zero-order chi connectivity index (χ0) is 17.4. The fraction of sp³-hybridized carbons (Fsp3) is 0.556. The van der Waals surface area contributed by atoms with E-state index in [9.17, 15) is 14.0 Å². The second-order valence-electron chi connectivity index (χ2n) is 6.25. The maximum atomic E-state index is 12.8. The van der Waals surface area contributed by atoms with E-state index < -0.39 is 0 Å². The summed E-state index contributed by atoms with van der Waals surface area (Å²) in [6.45, 7) is 3.11. The van der Waals surface area contributed by atoms with Crippen LogP contribution in [0.5, 0.6) is 0 Å². The van der Waals surface area contributed by atoms with E-state index in [2.05, 4.69) is 10.6 Å². The molecule has 140 valence electrons. The molecule has 0 bridgehead atoms. The number of carbonyl (C=O) groups is 2. The van der Waals surface area contributed by atoms with Crippen LogP contribution in [0, 0.1) is 11.7 Å². The fourth-order valence-corrected chi connectivity index (χ4v) is 2.98. The summed E-state index contributed by atoms with van der Waals surface area (Å²) in [5.41, 5.74) is 0.425. The minimum absolute atomic E-state index is 0. The highest BCUT2D eigenvalue weighted by molar-refractivity contribution is 5.94. The smallest absolute Gasteiger partial charge is 0.251 e. The van der Waals surface area contributed by atoms with Crippen molar-refractivity contribution in [2.24, 2.45) is 5.92 Å². The number of benzene rings is 1. The zero-order valence-corrected chi connectivity index (χ0v) is 15.4. The van der Waals surface area contributed by atoms with Gasteiger partial charge >= 0.3 is 0 Å². The van der Waals surface area contributed by atoms with Gasteiger partial charge < -0.3 is 15.5 Å². The number of hydrogen-bond acceptors (Lipinski definition) is 3. The summed E-state index contributed by atoms with van der Waals surface area (Å²) in [4.78, 5) is 26.0. The number of nitrogens with one attached hydrogen (secondary N) is 2. The predicted molar refractivity (Wildman–Crippen MR) is 98.4 cm³/mol. The van der Waals surface area contributed by atoms with E-state index in [0.29, 0.717) is 30.9 Å². The quantitative estimate of drug-likeness (QED) is 0.722. The molecule has 1 heterocycles. The molecule has 2 rings (SSSR count). The van der Waals surface area contributed by atoms with Gasteiger partial charge in [0.1, 0.15) is 5.82 Å². The number of likely N-dealkylation sites (tertiary alicyclic amines) is 1. The highest BCUT2D eigenvalue weighted by Gasteiger charge is 2.21. The molecule has 1 aliphatic heterocycles. The summed E-state index contributed by atoms with van der Waals surface area (Å²) in [5, 5.41) is 5.95. The van der Waals surface area contributed by atoms with Gasteiger partial charge in [-0.3, -0.25) is 9.59 Å². The molecule has 0 unspecified atom stereocenters. The van der Waals surface area contributed by atoms with E-state index in [-0.39, 0.29) is 30.0 Å². The molecule has 1 fully saturated rings. The molecular formula is C18H27ClFN3O2. The number of nitrogens with zero attached hydrogens (tertiary/aromatic N) is 1. The Morgan fingerprint density at radius 2 is 1.84 bits per heavy atom. The molecule has 0 saturated carbocycles. The lowest BCUT2D eigenvalue weighted by Crippen LogP contribution is -2.40. The van der Waals surface area contributed by atoms with Gasteiger partial charge in [0.2, 0.25) is 5.91 Å². The average Bonchev–Trinajstić information content (AvgIpc) is 2.60. The Morgan fingerprint density at radius 1 is 1.20 bits per heavy atom. The van der Waals surface area contributed by atoms with Crippen LogP contribution in [0.1, 0.15) is 36.0 Å². The van der Waals surface area contributed by atoms with Crippen molar-refractivity contribution in [2.45, 2.75) is 25.7 Å². The SMILES string of the molecule is CNCC1CCN(C(=O)CCCNC(=O)c2ccc(F)cc2)CC1.Cl. The lowest BCUT2D eigenvalue weighted by Gasteiger charge is -2.32. The van der Waals surface area contributed by atoms with Crippen molar-refractivity contribution in [1.82, 2.24) is 15.5 Å². The van der Waals surface area contributed by atoms with Crippen LogP contribution in [0.15, 0.2) is 24.3 Å². The number of carbonyl (C=O) groups excluding carboxylic acids is 2. The fourth-order valence-electron chi connectivity index (χ4n) is 2.98. The molecule has 1 saturated heterocycles. The first kappa shape index (κ1) is 21.4. The predicted octanol–water partition coefficient (Wildman–Crippen LogP) is 2.22. The van der Waals surface area contributed by atoms with Crippen LogP contribution in [0.3, 0.4) is 0 Å². The molecule has 1 aromatic rings.